The van der Waals surface area contributed by atoms with E-state index in [1.165, 1.54) is 0 Å². The first-order chi connectivity index (χ1) is 5.90. The van der Waals surface area contributed by atoms with Crippen LogP contribution in [-0.4, -0.2) is 21.6 Å². The monoisotopic (exact) mass is 162 g/mol. The molecule has 0 aromatic carbocycles. The Bertz CT molecular complexity index is 379. The average Bonchev–Trinajstić information content (AvgIpc) is 2.51. The van der Waals surface area contributed by atoms with E-state index in [4.69, 9.17) is 0 Å². The zero-order valence-corrected chi connectivity index (χ0v) is 6.86. The van der Waals surface area contributed by atoms with Gasteiger partial charge in [-0.05, 0) is 13.1 Å². The van der Waals surface area contributed by atoms with Crippen molar-refractivity contribution in [1.29, 1.82) is 0 Å². The van der Waals surface area contributed by atoms with Crippen LogP contribution in [0.25, 0.3) is 5.65 Å². The first-order valence-electron chi connectivity index (χ1n) is 3.84. The molecule has 0 aliphatic heterocycles. The summed E-state index contributed by atoms with van der Waals surface area (Å²) in [6.45, 7) is 0.793. The summed E-state index contributed by atoms with van der Waals surface area (Å²) in [5.74, 6) is 0. The second-order valence-electron chi connectivity index (χ2n) is 2.58. The third kappa shape index (κ3) is 1.16. The van der Waals surface area contributed by atoms with E-state index in [1.54, 1.807) is 10.7 Å². The fraction of sp³-hybridized carbons (Fsp3) is 0.250. The van der Waals surface area contributed by atoms with Crippen LogP contribution in [0.15, 0.2) is 24.5 Å². The molecule has 0 unspecified atom stereocenters. The van der Waals surface area contributed by atoms with E-state index in [0.29, 0.717) is 0 Å². The van der Waals surface area contributed by atoms with Crippen molar-refractivity contribution in [2.45, 2.75) is 6.54 Å². The van der Waals surface area contributed by atoms with Crippen LogP contribution in [0.2, 0.25) is 0 Å². The van der Waals surface area contributed by atoms with Crippen molar-refractivity contribution >= 4 is 5.65 Å². The molecule has 0 atom stereocenters. The number of hydrogen-bond acceptors (Lipinski definition) is 3. The van der Waals surface area contributed by atoms with Crippen LogP contribution < -0.4 is 5.32 Å². The number of nitrogens with zero attached hydrogens (tertiary/aromatic N) is 3. The second-order valence-corrected chi connectivity index (χ2v) is 2.58. The van der Waals surface area contributed by atoms with E-state index in [2.05, 4.69) is 15.4 Å². The molecule has 62 valence electrons. The van der Waals surface area contributed by atoms with Gasteiger partial charge in [0.1, 0.15) is 0 Å². The van der Waals surface area contributed by atoms with Gasteiger partial charge in [0.15, 0.2) is 5.65 Å². The molecular formula is C8H10N4. The minimum absolute atomic E-state index is 0.793. The smallest absolute Gasteiger partial charge is 0.155 e. The Morgan fingerprint density at radius 3 is 3.25 bits per heavy atom. The van der Waals surface area contributed by atoms with E-state index in [-0.39, 0.29) is 0 Å². The molecule has 2 rings (SSSR count). The van der Waals surface area contributed by atoms with Crippen LogP contribution in [0.4, 0.5) is 0 Å². The lowest BCUT2D eigenvalue weighted by atomic mass is 10.4. The van der Waals surface area contributed by atoms with E-state index in [9.17, 15) is 0 Å². The van der Waals surface area contributed by atoms with Crippen molar-refractivity contribution in [3.05, 3.63) is 30.2 Å². The van der Waals surface area contributed by atoms with Gasteiger partial charge in [-0.15, -0.1) is 0 Å². The highest BCUT2D eigenvalue weighted by Crippen LogP contribution is 1.99. The summed E-state index contributed by atoms with van der Waals surface area (Å²) in [5, 5.41) is 7.10. The van der Waals surface area contributed by atoms with Crippen molar-refractivity contribution < 1.29 is 0 Å². The van der Waals surface area contributed by atoms with E-state index in [0.717, 1.165) is 17.9 Å². The standard InChI is InChI=1S/C8H10N4/c1-9-6-7-3-5-12-8(11-7)2-4-10-12/h2-5,9H,6H2,1H3. The van der Waals surface area contributed by atoms with Crippen LogP contribution in [0.1, 0.15) is 5.69 Å². The highest BCUT2D eigenvalue weighted by molar-refractivity contribution is 5.36. The summed E-state index contributed by atoms with van der Waals surface area (Å²) in [6.07, 6.45) is 3.65. The van der Waals surface area contributed by atoms with Gasteiger partial charge in [-0.1, -0.05) is 0 Å². The van der Waals surface area contributed by atoms with Gasteiger partial charge in [0.05, 0.1) is 11.9 Å². The van der Waals surface area contributed by atoms with Crippen LogP contribution in [0.5, 0.6) is 0 Å². The predicted molar refractivity (Wildman–Crippen MR) is 45.8 cm³/mol. The van der Waals surface area contributed by atoms with Crippen molar-refractivity contribution in [3.8, 4) is 0 Å². The lowest BCUT2D eigenvalue weighted by Crippen LogP contribution is -2.07. The molecule has 1 N–H and O–H groups in total. The lowest BCUT2D eigenvalue weighted by molar-refractivity contribution is 0.784. The fourth-order valence-corrected chi connectivity index (χ4v) is 1.13. The molecule has 12 heavy (non-hydrogen) atoms. The normalized spacial score (nSPS) is 10.8. The number of aromatic nitrogens is 3. The maximum atomic E-state index is 4.36. The van der Waals surface area contributed by atoms with E-state index < -0.39 is 0 Å². The van der Waals surface area contributed by atoms with Gasteiger partial charge in [0, 0.05) is 18.8 Å². The number of hydrogen-bond donors (Lipinski definition) is 1. The van der Waals surface area contributed by atoms with Gasteiger partial charge in [0.25, 0.3) is 0 Å². The summed E-state index contributed by atoms with van der Waals surface area (Å²) >= 11 is 0. The van der Waals surface area contributed by atoms with Crippen molar-refractivity contribution in [1.82, 2.24) is 19.9 Å². The Kier molecular flexibility index (Phi) is 1.75. The molecule has 4 nitrogen and oxygen atoms in total. The SMILES string of the molecule is CNCc1ccn2nccc2n1. The largest absolute Gasteiger partial charge is 0.314 e. The third-order valence-corrected chi connectivity index (χ3v) is 1.67. The predicted octanol–water partition coefficient (Wildman–Crippen LogP) is 0.449. The van der Waals surface area contributed by atoms with Gasteiger partial charge in [-0.25, -0.2) is 9.50 Å². The number of rotatable bonds is 2. The van der Waals surface area contributed by atoms with Crippen LogP contribution in [0, 0.1) is 0 Å². The molecule has 0 fully saturated rings. The minimum atomic E-state index is 0.793. The van der Waals surface area contributed by atoms with Gasteiger partial charge < -0.3 is 5.32 Å². The molecule has 0 radical (unpaired) electrons. The Hall–Kier alpha value is -1.42. The van der Waals surface area contributed by atoms with Crippen LogP contribution >= 0.6 is 0 Å². The average molecular weight is 162 g/mol. The lowest BCUT2D eigenvalue weighted by Gasteiger charge is -1.98. The quantitative estimate of drug-likeness (QED) is 0.697. The van der Waals surface area contributed by atoms with E-state index in [1.807, 2.05) is 25.4 Å². The molecule has 2 aromatic rings. The molecule has 0 spiro atoms. The molecule has 2 aromatic heterocycles. The molecular weight excluding hydrogens is 152 g/mol. The van der Waals surface area contributed by atoms with Crippen molar-refractivity contribution in [2.75, 3.05) is 7.05 Å². The van der Waals surface area contributed by atoms with Gasteiger partial charge in [-0.3, -0.25) is 0 Å². The molecule has 2 heterocycles. The van der Waals surface area contributed by atoms with Gasteiger partial charge in [-0.2, -0.15) is 5.10 Å². The number of nitrogens with one attached hydrogen (secondary N) is 1. The summed E-state index contributed by atoms with van der Waals surface area (Å²) < 4.78 is 1.75. The maximum absolute atomic E-state index is 4.36. The highest BCUT2D eigenvalue weighted by Gasteiger charge is 1.95. The zero-order valence-electron chi connectivity index (χ0n) is 6.86. The van der Waals surface area contributed by atoms with Crippen LogP contribution in [0.3, 0.4) is 0 Å². The second kappa shape index (κ2) is 2.91. The zero-order chi connectivity index (χ0) is 8.39. The molecule has 0 saturated carbocycles. The summed E-state index contributed by atoms with van der Waals surface area (Å²) in [7, 11) is 1.91. The Balaban J connectivity index is 2.46. The molecule has 0 amide bonds. The first-order valence-corrected chi connectivity index (χ1v) is 3.84. The topological polar surface area (TPSA) is 42.2 Å². The minimum Gasteiger partial charge on any atom is -0.314 e. The third-order valence-electron chi connectivity index (χ3n) is 1.67. The number of fused-ring (bicyclic) bond motifs is 1. The maximum Gasteiger partial charge on any atom is 0.155 e. The highest BCUT2D eigenvalue weighted by atomic mass is 15.2. The van der Waals surface area contributed by atoms with Crippen molar-refractivity contribution in [3.63, 3.8) is 0 Å². The summed E-state index contributed by atoms with van der Waals surface area (Å²) in [5.41, 5.74) is 1.92. The first kappa shape index (κ1) is 7.24. The van der Waals surface area contributed by atoms with Crippen LogP contribution in [-0.2, 0) is 6.54 Å². The van der Waals surface area contributed by atoms with E-state index >= 15 is 0 Å². The molecule has 0 bridgehead atoms. The van der Waals surface area contributed by atoms with Crippen molar-refractivity contribution in [2.24, 2.45) is 0 Å². The summed E-state index contributed by atoms with van der Waals surface area (Å²) in [4.78, 5) is 4.36. The summed E-state index contributed by atoms with van der Waals surface area (Å²) in [6, 6.07) is 3.84. The molecule has 0 aliphatic carbocycles. The molecule has 0 saturated heterocycles. The molecule has 0 aliphatic rings. The van der Waals surface area contributed by atoms with Gasteiger partial charge >= 0.3 is 0 Å². The Morgan fingerprint density at radius 2 is 2.42 bits per heavy atom. The Labute approximate surface area is 70.2 Å². The van der Waals surface area contributed by atoms with Gasteiger partial charge in [0.2, 0.25) is 0 Å². The molecule has 4 heteroatoms. The Morgan fingerprint density at radius 1 is 1.50 bits per heavy atom. The fourth-order valence-electron chi connectivity index (χ4n) is 1.13.